The van der Waals surface area contributed by atoms with E-state index in [4.69, 9.17) is 0 Å². The van der Waals surface area contributed by atoms with E-state index in [1.807, 2.05) is 27.0 Å². The molecule has 3 heteroatoms. The highest BCUT2D eigenvalue weighted by molar-refractivity contribution is 4.97. The minimum Gasteiger partial charge on any atom is -0.390 e. The van der Waals surface area contributed by atoms with Crippen LogP contribution in [0.2, 0.25) is 0 Å². The Kier molecular flexibility index (Phi) is 5.00. The van der Waals surface area contributed by atoms with Gasteiger partial charge in [-0.3, -0.25) is 0 Å². The first-order valence-electron chi connectivity index (χ1n) is 6.35. The van der Waals surface area contributed by atoms with Gasteiger partial charge in [0.1, 0.15) is 0 Å². The van der Waals surface area contributed by atoms with Gasteiger partial charge in [0.25, 0.3) is 0 Å². The van der Waals surface area contributed by atoms with Crippen LogP contribution in [0.25, 0.3) is 0 Å². The van der Waals surface area contributed by atoms with Crippen LogP contribution in [0.3, 0.4) is 0 Å². The Morgan fingerprint density at radius 3 is 2.56 bits per heavy atom. The number of imidazole rings is 1. The Morgan fingerprint density at radius 2 is 2.06 bits per heavy atom. The molecule has 0 saturated heterocycles. The fourth-order valence-corrected chi connectivity index (χ4v) is 2.21. The molecule has 0 radical (unpaired) electrons. The van der Waals surface area contributed by atoms with Crippen molar-refractivity contribution in [3.63, 3.8) is 0 Å². The standard InChI is InChI=1S/C11H18N2O.C2H6/c1-11(14)4-2-9(3-5-11)6-10-7-12-8-13-10;1-2/h7-9,14H,2-6H2,1H3,(H,12,13);1-2H3. The Hall–Kier alpha value is -0.830. The van der Waals surface area contributed by atoms with Gasteiger partial charge in [-0.25, -0.2) is 4.98 Å². The summed E-state index contributed by atoms with van der Waals surface area (Å²) >= 11 is 0. The molecule has 1 fully saturated rings. The third-order valence-electron chi connectivity index (χ3n) is 3.25. The van der Waals surface area contributed by atoms with Gasteiger partial charge >= 0.3 is 0 Å². The largest absolute Gasteiger partial charge is 0.390 e. The highest BCUT2D eigenvalue weighted by Crippen LogP contribution is 2.32. The average molecular weight is 224 g/mol. The van der Waals surface area contributed by atoms with Gasteiger partial charge in [0.05, 0.1) is 11.9 Å². The normalized spacial score (nSPS) is 29.4. The lowest BCUT2D eigenvalue weighted by molar-refractivity contribution is 0.00802. The van der Waals surface area contributed by atoms with Crippen molar-refractivity contribution < 1.29 is 5.11 Å². The summed E-state index contributed by atoms with van der Waals surface area (Å²) in [5.41, 5.74) is 0.807. The predicted octanol–water partition coefficient (Wildman–Crippen LogP) is 2.92. The van der Waals surface area contributed by atoms with Crippen molar-refractivity contribution in [3.05, 3.63) is 18.2 Å². The summed E-state index contributed by atoms with van der Waals surface area (Å²) in [5.74, 6) is 0.718. The monoisotopic (exact) mass is 224 g/mol. The van der Waals surface area contributed by atoms with E-state index in [0.717, 1.165) is 38.0 Å². The van der Waals surface area contributed by atoms with Crippen molar-refractivity contribution >= 4 is 0 Å². The van der Waals surface area contributed by atoms with Gasteiger partial charge in [0.15, 0.2) is 0 Å². The fourth-order valence-electron chi connectivity index (χ4n) is 2.21. The molecule has 2 N–H and O–H groups in total. The van der Waals surface area contributed by atoms with Crippen molar-refractivity contribution in [2.45, 2.75) is 58.5 Å². The van der Waals surface area contributed by atoms with Crippen LogP contribution < -0.4 is 0 Å². The highest BCUT2D eigenvalue weighted by Gasteiger charge is 2.28. The van der Waals surface area contributed by atoms with Crippen LogP contribution in [0.4, 0.5) is 0 Å². The Labute approximate surface area is 98.3 Å². The molecule has 0 aliphatic heterocycles. The summed E-state index contributed by atoms with van der Waals surface area (Å²) in [6, 6.07) is 0. The topological polar surface area (TPSA) is 48.9 Å². The molecule has 92 valence electrons. The molecule has 1 aliphatic rings. The first-order chi connectivity index (χ1) is 7.66. The molecule has 1 saturated carbocycles. The lowest BCUT2D eigenvalue weighted by atomic mass is 9.78. The number of rotatable bonds is 2. The average Bonchev–Trinajstić information content (AvgIpc) is 2.77. The Morgan fingerprint density at radius 1 is 1.44 bits per heavy atom. The van der Waals surface area contributed by atoms with Gasteiger partial charge in [-0.15, -0.1) is 0 Å². The number of hydrogen-bond donors (Lipinski definition) is 2. The maximum Gasteiger partial charge on any atom is 0.0921 e. The zero-order valence-electron chi connectivity index (χ0n) is 10.7. The number of H-pyrrole nitrogens is 1. The zero-order valence-corrected chi connectivity index (χ0v) is 10.7. The van der Waals surface area contributed by atoms with E-state index in [2.05, 4.69) is 9.97 Å². The summed E-state index contributed by atoms with van der Waals surface area (Å²) in [5, 5.41) is 9.80. The van der Waals surface area contributed by atoms with E-state index in [1.54, 1.807) is 6.33 Å². The van der Waals surface area contributed by atoms with Gasteiger partial charge < -0.3 is 10.1 Å². The van der Waals surface area contributed by atoms with Crippen LogP contribution >= 0.6 is 0 Å². The van der Waals surface area contributed by atoms with Crippen LogP contribution in [0, 0.1) is 5.92 Å². The maximum atomic E-state index is 9.80. The van der Waals surface area contributed by atoms with Crippen LogP contribution in [-0.2, 0) is 6.42 Å². The Balaban J connectivity index is 0.000000606. The Bertz CT molecular complexity index is 270. The highest BCUT2D eigenvalue weighted by atomic mass is 16.3. The maximum absolute atomic E-state index is 9.80. The van der Waals surface area contributed by atoms with Crippen molar-refractivity contribution in [1.82, 2.24) is 9.97 Å². The summed E-state index contributed by atoms with van der Waals surface area (Å²) in [7, 11) is 0. The molecular weight excluding hydrogens is 200 g/mol. The van der Waals surface area contributed by atoms with Crippen LogP contribution in [0.1, 0.15) is 52.1 Å². The van der Waals surface area contributed by atoms with Crippen molar-refractivity contribution in [2.75, 3.05) is 0 Å². The zero-order chi connectivity index (χ0) is 12.0. The number of nitrogens with one attached hydrogen (secondary N) is 1. The quantitative estimate of drug-likeness (QED) is 0.811. The van der Waals surface area contributed by atoms with Gasteiger partial charge in [-0.1, -0.05) is 13.8 Å². The molecule has 1 aromatic heterocycles. The second-order valence-electron chi connectivity index (χ2n) is 4.72. The lowest BCUT2D eigenvalue weighted by Gasteiger charge is -2.32. The number of aliphatic hydroxyl groups is 1. The molecule has 3 nitrogen and oxygen atoms in total. The van der Waals surface area contributed by atoms with Crippen molar-refractivity contribution in [2.24, 2.45) is 5.92 Å². The molecule has 0 bridgehead atoms. The van der Waals surface area contributed by atoms with Gasteiger partial charge in [-0.05, 0) is 44.9 Å². The van der Waals surface area contributed by atoms with Crippen LogP contribution in [0.15, 0.2) is 12.5 Å². The molecule has 2 rings (SSSR count). The molecule has 16 heavy (non-hydrogen) atoms. The molecular formula is C13H24N2O. The van der Waals surface area contributed by atoms with Gasteiger partial charge in [-0.2, -0.15) is 0 Å². The van der Waals surface area contributed by atoms with E-state index in [9.17, 15) is 5.11 Å². The first-order valence-corrected chi connectivity index (χ1v) is 6.35. The molecule has 0 amide bonds. The third kappa shape index (κ3) is 3.97. The SMILES string of the molecule is CC.CC1(O)CCC(Cc2cnc[nH]2)CC1. The third-order valence-corrected chi connectivity index (χ3v) is 3.25. The van der Waals surface area contributed by atoms with Gasteiger partial charge in [0.2, 0.25) is 0 Å². The minimum absolute atomic E-state index is 0.412. The number of hydrogen-bond acceptors (Lipinski definition) is 2. The molecule has 1 heterocycles. The number of nitrogens with zero attached hydrogens (tertiary/aromatic N) is 1. The smallest absolute Gasteiger partial charge is 0.0921 e. The summed E-state index contributed by atoms with van der Waals surface area (Å²) < 4.78 is 0. The summed E-state index contributed by atoms with van der Waals surface area (Å²) in [6.45, 7) is 5.94. The molecule has 0 atom stereocenters. The van der Waals surface area contributed by atoms with E-state index in [-0.39, 0.29) is 0 Å². The molecule has 0 unspecified atom stereocenters. The number of aromatic amines is 1. The molecule has 0 aromatic carbocycles. The van der Waals surface area contributed by atoms with E-state index >= 15 is 0 Å². The molecule has 1 aliphatic carbocycles. The van der Waals surface area contributed by atoms with Crippen LogP contribution in [0.5, 0.6) is 0 Å². The van der Waals surface area contributed by atoms with E-state index in [1.165, 1.54) is 5.69 Å². The number of aromatic nitrogens is 2. The van der Waals surface area contributed by atoms with Crippen molar-refractivity contribution in [1.29, 1.82) is 0 Å². The minimum atomic E-state index is -0.412. The lowest BCUT2D eigenvalue weighted by Crippen LogP contribution is -2.30. The second kappa shape index (κ2) is 6.04. The second-order valence-corrected chi connectivity index (χ2v) is 4.72. The van der Waals surface area contributed by atoms with E-state index < -0.39 is 5.60 Å². The van der Waals surface area contributed by atoms with E-state index in [0.29, 0.717) is 0 Å². The summed E-state index contributed by atoms with van der Waals surface area (Å²) in [6.07, 6.45) is 8.84. The molecule has 0 spiro atoms. The molecule has 1 aromatic rings. The van der Waals surface area contributed by atoms with Gasteiger partial charge in [0, 0.05) is 11.9 Å². The summed E-state index contributed by atoms with van der Waals surface area (Å²) in [4.78, 5) is 7.14. The predicted molar refractivity (Wildman–Crippen MR) is 66.2 cm³/mol. The van der Waals surface area contributed by atoms with Crippen molar-refractivity contribution in [3.8, 4) is 0 Å². The van der Waals surface area contributed by atoms with Crippen LogP contribution in [-0.4, -0.2) is 20.7 Å². The first kappa shape index (κ1) is 13.2. The fraction of sp³-hybridized carbons (Fsp3) is 0.769.